The van der Waals surface area contributed by atoms with Crippen molar-refractivity contribution in [3.05, 3.63) is 41.5 Å². The molecule has 0 heterocycles. The molecule has 1 aromatic carbocycles. The van der Waals surface area contributed by atoms with Gasteiger partial charge in [0.1, 0.15) is 4.99 Å². The highest BCUT2D eigenvalue weighted by Gasteiger charge is 1.94. The molecule has 0 saturated carbocycles. The maximum atomic E-state index is 5.53. The minimum atomic E-state index is 0.439. The van der Waals surface area contributed by atoms with Crippen LogP contribution in [-0.4, -0.2) is 18.6 Å². The summed E-state index contributed by atoms with van der Waals surface area (Å²) in [6.45, 7) is 0.858. The van der Waals surface area contributed by atoms with E-state index in [2.05, 4.69) is 11.4 Å². The van der Waals surface area contributed by atoms with Crippen LogP contribution in [0.2, 0.25) is 0 Å². The van der Waals surface area contributed by atoms with Gasteiger partial charge in [-0.2, -0.15) is 0 Å². The molecule has 0 spiro atoms. The number of benzene rings is 1. The monoisotopic (exact) mass is 206 g/mol. The van der Waals surface area contributed by atoms with E-state index in [9.17, 15) is 0 Å². The van der Waals surface area contributed by atoms with E-state index in [1.807, 2.05) is 37.4 Å². The van der Waals surface area contributed by atoms with Crippen molar-refractivity contribution < 1.29 is 0 Å². The van der Waals surface area contributed by atoms with Crippen LogP contribution in [0, 0.1) is 0 Å². The van der Waals surface area contributed by atoms with Gasteiger partial charge in [-0.25, -0.2) is 0 Å². The molecule has 0 aliphatic carbocycles. The Morgan fingerprint density at radius 2 is 2.36 bits per heavy atom. The van der Waals surface area contributed by atoms with Gasteiger partial charge in [-0.1, -0.05) is 42.6 Å². The lowest BCUT2D eigenvalue weighted by Gasteiger charge is -1.99. The van der Waals surface area contributed by atoms with Gasteiger partial charge < -0.3 is 11.1 Å². The lowest BCUT2D eigenvalue weighted by atomic mass is 10.1. The molecule has 0 amide bonds. The van der Waals surface area contributed by atoms with Crippen LogP contribution in [0.4, 0.5) is 0 Å². The van der Waals surface area contributed by atoms with Crippen molar-refractivity contribution in [2.45, 2.75) is 0 Å². The van der Waals surface area contributed by atoms with E-state index in [0.717, 1.165) is 17.7 Å². The second-order valence-corrected chi connectivity index (χ2v) is 3.39. The molecule has 74 valence electrons. The van der Waals surface area contributed by atoms with Gasteiger partial charge in [0.05, 0.1) is 0 Å². The number of likely N-dealkylation sites (N-methyl/N-ethyl adjacent to an activating group) is 1. The highest BCUT2D eigenvalue weighted by Crippen LogP contribution is 2.06. The zero-order valence-electron chi connectivity index (χ0n) is 8.16. The maximum absolute atomic E-state index is 5.53. The van der Waals surface area contributed by atoms with Crippen molar-refractivity contribution in [3.63, 3.8) is 0 Å². The molecule has 0 aliphatic heterocycles. The van der Waals surface area contributed by atoms with Crippen LogP contribution < -0.4 is 11.1 Å². The Kier molecular flexibility index (Phi) is 4.29. The zero-order valence-corrected chi connectivity index (χ0v) is 8.97. The number of nitrogens with one attached hydrogen (secondary N) is 1. The smallest absolute Gasteiger partial charge is 0.104 e. The third-order valence-corrected chi connectivity index (χ3v) is 2.04. The van der Waals surface area contributed by atoms with Crippen molar-refractivity contribution in [1.29, 1.82) is 0 Å². The van der Waals surface area contributed by atoms with E-state index in [-0.39, 0.29) is 0 Å². The fraction of sp³-hybridized carbons (Fsp3) is 0.182. The Morgan fingerprint density at radius 3 is 3.00 bits per heavy atom. The number of nitrogens with two attached hydrogens (primary N) is 1. The summed E-state index contributed by atoms with van der Waals surface area (Å²) in [6.07, 6.45) is 4.09. The average Bonchev–Trinajstić information content (AvgIpc) is 2.19. The molecule has 3 N–H and O–H groups in total. The minimum absolute atomic E-state index is 0.439. The number of hydrogen-bond donors (Lipinski definition) is 2. The molecular weight excluding hydrogens is 192 g/mol. The SMILES string of the molecule is CNCC=Cc1cccc(C(N)=S)c1. The third-order valence-electron chi connectivity index (χ3n) is 1.80. The largest absolute Gasteiger partial charge is 0.389 e. The van der Waals surface area contributed by atoms with Crippen LogP contribution >= 0.6 is 12.2 Å². The van der Waals surface area contributed by atoms with E-state index < -0.39 is 0 Å². The van der Waals surface area contributed by atoms with Gasteiger partial charge in [-0.15, -0.1) is 0 Å². The summed E-state index contributed by atoms with van der Waals surface area (Å²) in [5, 5.41) is 3.04. The molecule has 1 rings (SSSR count). The van der Waals surface area contributed by atoms with E-state index in [4.69, 9.17) is 18.0 Å². The first-order valence-electron chi connectivity index (χ1n) is 4.45. The van der Waals surface area contributed by atoms with Crippen molar-refractivity contribution in [2.75, 3.05) is 13.6 Å². The molecule has 0 saturated heterocycles. The Labute approximate surface area is 89.8 Å². The fourth-order valence-corrected chi connectivity index (χ4v) is 1.24. The molecule has 0 fully saturated rings. The van der Waals surface area contributed by atoms with Gasteiger partial charge in [0, 0.05) is 12.1 Å². The molecule has 0 aliphatic rings. The van der Waals surface area contributed by atoms with Crippen LogP contribution in [0.5, 0.6) is 0 Å². The topological polar surface area (TPSA) is 38.0 Å². The summed E-state index contributed by atoms with van der Waals surface area (Å²) in [4.78, 5) is 0.439. The highest BCUT2D eigenvalue weighted by atomic mass is 32.1. The molecule has 3 heteroatoms. The Hall–Kier alpha value is -1.19. The molecule has 1 aromatic rings. The number of rotatable bonds is 4. The van der Waals surface area contributed by atoms with E-state index >= 15 is 0 Å². The number of thiocarbonyl (C=S) groups is 1. The van der Waals surface area contributed by atoms with Crippen LogP contribution in [0.25, 0.3) is 6.08 Å². The first kappa shape index (κ1) is 10.9. The van der Waals surface area contributed by atoms with Gasteiger partial charge in [0.25, 0.3) is 0 Å². The molecule has 0 radical (unpaired) electrons. The quantitative estimate of drug-likeness (QED) is 0.734. The second kappa shape index (κ2) is 5.52. The zero-order chi connectivity index (χ0) is 10.4. The average molecular weight is 206 g/mol. The first-order chi connectivity index (χ1) is 6.74. The standard InChI is InChI=1S/C11H14N2S/c1-13-7-3-5-9-4-2-6-10(8-9)11(12)14/h2-6,8,13H,7H2,1H3,(H2,12,14). The summed E-state index contributed by atoms with van der Waals surface area (Å²) < 4.78 is 0. The van der Waals surface area contributed by atoms with Gasteiger partial charge in [-0.3, -0.25) is 0 Å². The van der Waals surface area contributed by atoms with E-state index in [0.29, 0.717) is 4.99 Å². The molecule has 0 unspecified atom stereocenters. The maximum Gasteiger partial charge on any atom is 0.104 e. The van der Waals surface area contributed by atoms with Crippen LogP contribution in [0.1, 0.15) is 11.1 Å². The summed E-state index contributed by atoms with van der Waals surface area (Å²) in [6, 6.07) is 7.87. The molecule has 0 aromatic heterocycles. The van der Waals surface area contributed by atoms with E-state index in [1.165, 1.54) is 0 Å². The van der Waals surface area contributed by atoms with Gasteiger partial charge in [-0.05, 0) is 18.7 Å². The molecule has 14 heavy (non-hydrogen) atoms. The van der Waals surface area contributed by atoms with Crippen LogP contribution in [-0.2, 0) is 0 Å². The van der Waals surface area contributed by atoms with Gasteiger partial charge in [0.15, 0.2) is 0 Å². The number of hydrogen-bond acceptors (Lipinski definition) is 2. The van der Waals surface area contributed by atoms with E-state index in [1.54, 1.807) is 0 Å². The van der Waals surface area contributed by atoms with Gasteiger partial charge >= 0.3 is 0 Å². The third kappa shape index (κ3) is 3.28. The summed E-state index contributed by atoms with van der Waals surface area (Å²) in [5.41, 5.74) is 7.56. The predicted octanol–water partition coefficient (Wildman–Crippen LogP) is 1.55. The molecular formula is C11H14N2S. The Balaban J connectivity index is 2.78. The predicted molar refractivity (Wildman–Crippen MR) is 65.3 cm³/mol. The van der Waals surface area contributed by atoms with Crippen LogP contribution in [0.15, 0.2) is 30.3 Å². The molecule has 2 nitrogen and oxygen atoms in total. The summed E-state index contributed by atoms with van der Waals surface area (Å²) in [5.74, 6) is 0. The first-order valence-corrected chi connectivity index (χ1v) is 4.86. The van der Waals surface area contributed by atoms with Crippen molar-refractivity contribution in [1.82, 2.24) is 5.32 Å². The van der Waals surface area contributed by atoms with Crippen molar-refractivity contribution in [2.24, 2.45) is 5.73 Å². The lowest BCUT2D eigenvalue weighted by molar-refractivity contribution is 0.922. The van der Waals surface area contributed by atoms with Crippen molar-refractivity contribution in [3.8, 4) is 0 Å². The van der Waals surface area contributed by atoms with Crippen LogP contribution in [0.3, 0.4) is 0 Å². The molecule has 0 bridgehead atoms. The summed E-state index contributed by atoms with van der Waals surface area (Å²) >= 11 is 4.90. The second-order valence-electron chi connectivity index (χ2n) is 2.95. The minimum Gasteiger partial charge on any atom is -0.389 e. The Bertz CT molecular complexity index is 345. The fourth-order valence-electron chi connectivity index (χ4n) is 1.11. The molecule has 0 atom stereocenters. The van der Waals surface area contributed by atoms with Crippen molar-refractivity contribution >= 4 is 23.3 Å². The lowest BCUT2D eigenvalue weighted by Crippen LogP contribution is -2.09. The Morgan fingerprint density at radius 1 is 1.57 bits per heavy atom. The normalized spacial score (nSPS) is 10.6. The van der Waals surface area contributed by atoms with Gasteiger partial charge in [0.2, 0.25) is 0 Å². The highest BCUT2D eigenvalue weighted by molar-refractivity contribution is 7.80. The summed E-state index contributed by atoms with van der Waals surface area (Å²) in [7, 11) is 1.91.